The molecule has 25 heavy (non-hydrogen) atoms. The molecule has 7 nitrogen and oxygen atoms in total. The summed E-state index contributed by atoms with van der Waals surface area (Å²) in [5.41, 5.74) is 6.04. The van der Waals surface area contributed by atoms with Crippen LogP contribution in [0.5, 0.6) is 0 Å². The van der Waals surface area contributed by atoms with E-state index >= 15 is 0 Å². The Morgan fingerprint density at radius 3 is 2.64 bits per heavy atom. The van der Waals surface area contributed by atoms with Crippen molar-refractivity contribution in [2.24, 2.45) is 18.7 Å². The van der Waals surface area contributed by atoms with E-state index in [4.69, 9.17) is 5.73 Å². The highest BCUT2D eigenvalue weighted by atomic mass is 16.2. The van der Waals surface area contributed by atoms with Crippen molar-refractivity contribution < 1.29 is 9.59 Å². The Morgan fingerprint density at radius 2 is 2.04 bits per heavy atom. The van der Waals surface area contributed by atoms with Crippen LogP contribution in [0.3, 0.4) is 0 Å². The minimum atomic E-state index is -1.25. The fraction of sp³-hybridized carbons (Fsp3) is 0.389. The van der Waals surface area contributed by atoms with Crippen molar-refractivity contribution in [2.75, 3.05) is 13.1 Å². The molecule has 1 aromatic carbocycles. The van der Waals surface area contributed by atoms with Crippen molar-refractivity contribution in [3.05, 3.63) is 53.9 Å². The summed E-state index contributed by atoms with van der Waals surface area (Å²) in [4.78, 5) is 25.0. The van der Waals surface area contributed by atoms with Crippen molar-refractivity contribution in [2.45, 2.75) is 18.4 Å². The van der Waals surface area contributed by atoms with E-state index in [-0.39, 0.29) is 17.7 Å². The van der Waals surface area contributed by atoms with Gasteiger partial charge in [0, 0.05) is 32.3 Å². The summed E-state index contributed by atoms with van der Waals surface area (Å²) in [6.45, 7) is 2.89. The molecule has 1 aliphatic rings. The number of nitrogens with zero attached hydrogens (tertiary/aromatic N) is 2. The van der Waals surface area contributed by atoms with E-state index in [2.05, 4.69) is 15.7 Å². The van der Waals surface area contributed by atoms with Crippen LogP contribution < -0.4 is 16.4 Å². The summed E-state index contributed by atoms with van der Waals surface area (Å²) in [6, 6.07) is 9.07. The van der Waals surface area contributed by atoms with E-state index in [1.807, 2.05) is 31.4 Å². The number of carbonyl (C=O) groups excluding carboxylic acids is 2. The molecule has 0 bridgehead atoms. The molecular weight excluding hydrogens is 318 g/mol. The highest BCUT2D eigenvalue weighted by Gasteiger charge is 2.40. The summed E-state index contributed by atoms with van der Waals surface area (Å²) >= 11 is 0. The van der Waals surface area contributed by atoms with Crippen molar-refractivity contribution >= 4 is 11.8 Å². The van der Waals surface area contributed by atoms with E-state index in [0.29, 0.717) is 18.7 Å². The molecule has 1 saturated heterocycles. The molecular formula is C18H23N5O2. The molecule has 4 N–H and O–H groups in total. The number of benzene rings is 1. The second-order valence-corrected chi connectivity index (χ2v) is 6.66. The van der Waals surface area contributed by atoms with E-state index in [1.54, 1.807) is 29.9 Å². The molecule has 2 heterocycles. The number of amides is 2. The largest absolute Gasteiger partial charge is 0.367 e. The maximum absolute atomic E-state index is 12.9. The van der Waals surface area contributed by atoms with Crippen LogP contribution in [0, 0.1) is 5.92 Å². The average molecular weight is 341 g/mol. The number of hydrogen-bond acceptors (Lipinski definition) is 4. The smallest absolute Gasteiger partial charge is 0.247 e. The quantitative estimate of drug-likeness (QED) is 0.725. The topological polar surface area (TPSA) is 102 Å². The molecule has 132 valence electrons. The first-order valence-electron chi connectivity index (χ1n) is 8.28. The zero-order valence-corrected chi connectivity index (χ0v) is 14.4. The van der Waals surface area contributed by atoms with Crippen LogP contribution in [-0.2, 0) is 22.2 Å². The summed E-state index contributed by atoms with van der Waals surface area (Å²) < 4.78 is 1.72. The van der Waals surface area contributed by atoms with Crippen LogP contribution in [0.25, 0.3) is 0 Å². The third kappa shape index (κ3) is 3.28. The molecule has 1 fully saturated rings. The Labute approximate surface area is 146 Å². The van der Waals surface area contributed by atoms with Crippen molar-refractivity contribution in [3.63, 3.8) is 0 Å². The zero-order valence-electron chi connectivity index (χ0n) is 14.4. The monoisotopic (exact) mass is 341 g/mol. The van der Waals surface area contributed by atoms with E-state index in [0.717, 1.165) is 5.56 Å². The molecule has 0 aliphatic carbocycles. The highest BCUT2D eigenvalue weighted by molar-refractivity contribution is 5.92. The van der Waals surface area contributed by atoms with Crippen LogP contribution in [0.4, 0.5) is 0 Å². The Balaban J connectivity index is 1.83. The highest BCUT2D eigenvalue weighted by Crippen LogP contribution is 2.29. The number of nitrogens with one attached hydrogen (secondary N) is 2. The second kappa shape index (κ2) is 6.68. The lowest BCUT2D eigenvalue weighted by atomic mass is 9.87. The summed E-state index contributed by atoms with van der Waals surface area (Å²) in [6.07, 6.45) is 3.70. The predicted octanol–water partition coefficient (Wildman–Crippen LogP) is 0.240. The van der Waals surface area contributed by atoms with Gasteiger partial charge in [-0.1, -0.05) is 30.3 Å². The van der Waals surface area contributed by atoms with Gasteiger partial charge in [-0.2, -0.15) is 5.10 Å². The van der Waals surface area contributed by atoms with Gasteiger partial charge in [0.05, 0.1) is 12.1 Å². The van der Waals surface area contributed by atoms with Crippen molar-refractivity contribution in [1.29, 1.82) is 0 Å². The van der Waals surface area contributed by atoms with Crippen molar-refractivity contribution in [3.8, 4) is 0 Å². The Hall–Kier alpha value is -2.67. The SMILES string of the molecule is Cn1cc([C@H]2CNC[C@@H]2C(=O)NC(C)(C(N)=O)c2ccccc2)cn1. The van der Waals surface area contributed by atoms with Gasteiger partial charge in [0.1, 0.15) is 5.54 Å². The fourth-order valence-corrected chi connectivity index (χ4v) is 3.32. The number of carbonyl (C=O) groups is 2. The molecule has 3 rings (SSSR count). The lowest BCUT2D eigenvalue weighted by Gasteiger charge is -2.30. The van der Waals surface area contributed by atoms with Crippen LogP contribution in [0.1, 0.15) is 24.0 Å². The number of aryl methyl sites for hydroxylation is 1. The van der Waals surface area contributed by atoms with Crippen LogP contribution in [0.15, 0.2) is 42.7 Å². The van der Waals surface area contributed by atoms with Gasteiger partial charge in [0.15, 0.2) is 0 Å². The maximum atomic E-state index is 12.9. The molecule has 0 spiro atoms. The van der Waals surface area contributed by atoms with Gasteiger partial charge >= 0.3 is 0 Å². The van der Waals surface area contributed by atoms with Gasteiger partial charge in [-0.3, -0.25) is 14.3 Å². The standard InChI is InChI=1S/C18H23N5O2/c1-18(17(19)25,13-6-4-3-5-7-13)22-16(24)15-10-20-9-14(15)12-8-21-23(2)11-12/h3-8,11,14-15,20H,9-10H2,1-2H3,(H2,19,25)(H,22,24)/t14-,15+,18?/m1/s1. The number of aromatic nitrogens is 2. The van der Waals surface area contributed by atoms with Crippen LogP contribution in [-0.4, -0.2) is 34.7 Å². The average Bonchev–Trinajstić information content (AvgIpc) is 3.23. The number of rotatable bonds is 5. The Morgan fingerprint density at radius 1 is 1.32 bits per heavy atom. The molecule has 1 aliphatic heterocycles. The maximum Gasteiger partial charge on any atom is 0.247 e. The Bertz CT molecular complexity index is 773. The lowest BCUT2D eigenvalue weighted by molar-refractivity contribution is -0.133. The molecule has 0 saturated carbocycles. The summed E-state index contributed by atoms with van der Waals surface area (Å²) in [7, 11) is 1.85. The zero-order chi connectivity index (χ0) is 18.0. The summed E-state index contributed by atoms with van der Waals surface area (Å²) in [5.74, 6) is -1.05. The number of primary amides is 1. The molecule has 7 heteroatoms. The van der Waals surface area contributed by atoms with Gasteiger partial charge in [-0.05, 0) is 18.1 Å². The predicted molar refractivity (Wildman–Crippen MR) is 93.4 cm³/mol. The minimum Gasteiger partial charge on any atom is -0.367 e. The van der Waals surface area contributed by atoms with Gasteiger partial charge in [0.25, 0.3) is 0 Å². The number of nitrogens with two attached hydrogens (primary N) is 1. The first-order chi connectivity index (χ1) is 11.9. The molecule has 2 aromatic rings. The number of hydrogen-bond donors (Lipinski definition) is 3. The Kier molecular flexibility index (Phi) is 4.59. The van der Waals surface area contributed by atoms with E-state index in [1.165, 1.54) is 0 Å². The third-order valence-corrected chi connectivity index (χ3v) is 4.92. The van der Waals surface area contributed by atoms with E-state index in [9.17, 15) is 9.59 Å². The van der Waals surface area contributed by atoms with E-state index < -0.39 is 11.4 Å². The van der Waals surface area contributed by atoms with Crippen LogP contribution in [0.2, 0.25) is 0 Å². The normalized spacial score (nSPS) is 22.3. The molecule has 1 aromatic heterocycles. The molecule has 3 atom stereocenters. The van der Waals surface area contributed by atoms with Gasteiger partial charge < -0.3 is 16.4 Å². The molecule has 0 radical (unpaired) electrons. The molecule has 1 unspecified atom stereocenters. The van der Waals surface area contributed by atoms with Gasteiger partial charge in [-0.15, -0.1) is 0 Å². The van der Waals surface area contributed by atoms with Crippen molar-refractivity contribution in [1.82, 2.24) is 20.4 Å². The first-order valence-corrected chi connectivity index (χ1v) is 8.28. The van der Waals surface area contributed by atoms with Crippen LogP contribution >= 0.6 is 0 Å². The van der Waals surface area contributed by atoms with Gasteiger partial charge in [-0.25, -0.2) is 0 Å². The minimum absolute atomic E-state index is 0.0154. The second-order valence-electron chi connectivity index (χ2n) is 6.66. The van der Waals surface area contributed by atoms with Gasteiger partial charge in [0.2, 0.25) is 11.8 Å². The fourth-order valence-electron chi connectivity index (χ4n) is 3.32. The third-order valence-electron chi connectivity index (χ3n) is 4.92. The lowest BCUT2D eigenvalue weighted by Crippen LogP contribution is -2.54. The molecule has 2 amide bonds. The first kappa shape index (κ1) is 17.2. The summed E-state index contributed by atoms with van der Waals surface area (Å²) in [5, 5.41) is 10.3.